The quantitative estimate of drug-likeness (QED) is 0.887. The van der Waals surface area contributed by atoms with E-state index in [0.29, 0.717) is 21.2 Å². The number of rotatable bonds is 5. The molecule has 2 aromatic rings. The molecule has 0 saturated heterocycles. The van der Waals surface area contributed by atoms with Crippen molar-refractivity contribution in [1.82, 2.24) is 4.90 Å². The molecular weight excluding hydrogens is 348 g/mol. The molecule has 7 heteroatoms. The average molecular weight is 365 g/mol. The monoisotopic (exact) mass is 364 g/mol. The Balaban J connectivity index is 1.97. The third-order valence-corrected chi connectivity index (χ3v) is 4.44. The maximum Gasteiger partial charge on any atom is 0.254 e. The molecule has 0 fully saturated rings. The van der Waals surface area contributed by atoms with Gasteiger partial charge < -0.3 is 10.2 Å². The molecule has 0 spiro atoms. The van der Waals surface area contributed by atoms with E-state index < -0.39 is 10.8 Å². The molecule has 0 unspecified atom stereocenters. The van der Waals surface area contributed by atoms with Gasteiger partial charge in [-0.3, -0.25) is 13.8 Å². The van der Waals surface area contributed by atoms with Crippen LogP contribution in [-0.2, 0) is 15.6 Å². The summed E-state index contributed by atoms with van der Waals surface area (Å²) in [7, 11) is 0.453. The fraction of sp³-hybridized carbons (Fsp3) is 0.176. The lowest BCUT2D eigenvalue weighted by Crippen LogP contribution is -2.34. The zero-order chi connectivity index (χ0) is 17.7. The summed E-state index contributed by atoms with van der Waals surface area (Å²) in [6.45, 7) is -0.0905. The van der Waals surface area contributed by atoms with E-state index in [9.17, 15) is 13.8 Å². The van der Waals surface area contributed by atoms with Gasteiger partial charge in [-0.2, -0.15) is 0 Å². The second-order valence-electron chi connectivity index (χ2n) is 5.20. The van der Waals surface area contributed by atoms with Crippen LogP contribution in [0, 0.1) is 0 Å². The Morgan fingerprint density at radius 2 is 1.83 bits per heavy atom. The summed E-state index contributed by atoms with van der Waals surface area (Å²) >= 11 is 5.86. The number of hydrogen-bond acceptors (Lipinski definition) is 3. The number of anilines is 1. The van der Waals surface area contributed by atoms with Gasteiger partial charge in [-0.1, -0.05) is 17.7 Å². The van der Waals surface area contributed by atoms with Crippen LogP contribution >= 0.6 is 11.6 Å². The molecule has 1 atom stereocenters. The van der Waals surface area contributed by atoms with Crippen molar-refractivity contribution in [3.05, 3.63) is 59.1 Å². The summed E-state index contributed by atoms with van der Waals surface area (Å²) < 4.78 is 11.4. The van der Waals surface area contributed by atoms with Gasteiger partial charge in [0, 0.05) is 45.3 Å². The van der Waals surface area contributed by atoms with Crippen molar-refractivity contribution >= 4 is 39.9 Å². The van der Waals surface area contributed by atoms with Crippen LogP contribution in [0.4, 0.5) is 5.69 Å². The fourth-order valence-electron chi connectivity index (χ4n) is 2.06. The molecule has 0 aromatic heterocycles. The lowest BCUT2D eigenvalue weighted by Gasteiger charge is -2.17. The van der Waals surface area contributed by atoms with E-state index in [1.165, 1.54) is 4.90 Å². The van der Waals surface area contributed by atoms with Crippen molar-refractivity contribution < 1.29 is 13.8 Å². The van der Waals surface area contributed by atoms with Crippen LogP contribution in [-0.4, -0.2) is 40.8 Å². The molecule has 0 heterocycles. The third kappa shape index (κ3) is 4.91. The van der Waals surface area contributed by atoms with Crippen LogP contribution in [0.5, 0.6) is 0 Å². The lowest BCUT2D eigenvalue weighted by atomic mass is 10.2. The van der Waals surface area contributed by atoms with Gasteiger partial charge in [-0.05, 0) is 42.5 Å². The van der Waals surface area contributed by atoms with Gasteiger partial charge in [0.1, 0.15) is 0 Å². The Kier molecular flexibility index (Phi) is 6.11. The second-order valence-corrected chi connectivity index (χ2v) is 7.01. The Labute approximate surface area is 148 Å². The third-order valence-electron chi connectivity index (χ3n) is 3.27. The fourth-order valence-corrected chi connectivity index (χ4v) is 2.77. The summed E-state index contributed by atoms with van der Waals surface area (Å²) in [5.41, 5.74) is 1.00. The standard InChI is InChI=1S/C17H17ClN2O3S/c1-20(11-16(21)19-14-5-3-4-13(18)10-14)17(22)12-6-8-15(9-7-12)24(2)23/h3-10H,11H2,1-2H3,(H,19,21)/t24-/m0/s1. The van der Waals surface area contributed by atoms with Crippen molar-refractivity contribution in [3.63, 3.8) is 0 Å². The topological polar surface area (TPSA) is 66.5 Å². The Bertz CT molecular complexity index is 778. The van der Waals surface area contributed by atoms with E-state index >= 15 is 0 Å². The van der Waals surface area contributed by atoms with Crippen LogP contribution in [0.25, 0.3) is 0 Å². The molecule has 24 heavy (non-hydrogen) atoms. The predicted molar refractivity (Wildman–Crippen MR) is 95.8 cm³/mol. The molecule has 0 aliphatic carbocycles. The van der Waals surface area contributed by atoms with E-state index in [-0.39, 0.29) is 18.4 Å². The van der Waals surface area contributed by atoms with E-state index in [4.69, 9.17) is 11.6 Å². The van der Waals surface area contributed by atoms with Crippen molar-refractivity contribution in [3.8, 4) is 0 Å². The van der Waals surface area contributed by atoms with E-state index in [1.807, 2.05) is 0 Å². The number of nitrogens with one attached hydrogen (secondary N) is 1. The minimum Gasteiger partial charge on any atom is -0.332 e. The highest BCUT2D eigenvalue weighted by Crippen LogP contribution is 2.15. The first-order chi connectivity index (χ1) is 11.4. The van der Waals surface area contributed by atoms with Crippen molar-refractivity contribution in [1.29, 1.82) is 0 Å². The van der Waals surface area contributed by atoms with Gasteiger partial charge in [0.05, 0.1) is 6.54 Å². The maximum absolute atomic E-state index is 12.3. The highest BCUT2D eigenvalue weighted by molar-refractivity contribution is 7.84. The molecule has 0 saturated carbocycles. The number of hydrogen-bond donors (Lipinski definition) is 1. The van der Waals surface area contributed by atoms with Gasteiger partial charge >= 0.3 is 0 Å². The van der Waals surface area contributed by atoms with E-state index in [0.717, 1.165) is 0 Å². The number of carbonyl (C=O) groups is 2. The summed E-state index contributed by atoms with van der Waals surface area (Å²) in [6, 6.07) is 13.3. The first kappa shape index (κ1) is 18.2. The number of carbonyl (C=O) groups excluding carboxylic acids is 2. The van der Waals surface area contributed by atoms with Crippen molar-refractivity contribution in [2.75, 3.05) is 25.2 Å². The van der Waals surface area contributed by atoms with Crippen molar-refractivity contribution in [2.24, 2.45) is 0 Å². The number of nitrogens with zero attached hydrogens (tertiary/aromatic N) is 1. The molecule has 2 aromatic carbocycles. The zero-order valence-corrected chi connectivity index (χ0v) is 14.9. The van der Waals surface area contributed by atoms with Crippen LogP contribution in [0.1, 0.15) is 10.4 Å². The number of likely N-dealkylation sites (N-methyl/N-ethyl adjacent to an activating group) is 1. The molecule has 2 amide bonds. The normalized spacial score (nSPS) is 11.6. The van der Waals surface area contributed by atoms with E-state index in [2.05, 4.69) is 5.32 Å². The van der Waals surface area contributed by atoms with Crippen LogP contribution in [0.15, 0.2) is 53.4 Å². The Morgan fingerprint density at radius 1 is 1.17 bits per heavy atom. The minimum atomic E-state index is -1.09. The smallest absolute Gasteiger partial charge is 0.254 e. The molecule has 0 bridgehead atoms. The minimum absolute atomic E-state index is 0.0905. The first-order valence-corrected chi connectivity index (χ1v) is 9.05. The van der Waals surface area contributed by atoms with Crippen molar-refractivity contribution in [2.45, 2.75) is 4.90 Å². The van der Waals surface area contributed by atoms with Gasteiger partial charge in [0.25, 0.3) is 5.91 Å². The molecule has 126 valence electrons. The Hall–Kier alpha value is -2.18. The molecule has 5 nitrogen and oxygen atoms in total. The SMILES string of the molecule is CN(CC(=O)Nc1cccc(Cl)c1)C(=O)c1ccc([S@](C)=O)cc1. The average Bonchev–Trinajstić information content (AvgIpc) is 2.54. The molecule has 2 rings (SSSR count). The van der Waals surface area contributed by atoms with Gasteiger partial charge in [0.2, 0.25) is 5.91 Å². The van der Waals surface area contributed by atoms with Crippen LogP contribution in [0.2, 0.25) is 5.02 Å². The molecule has 0 aliphatic rings. The number of halogens is 1. The molecule has 0 radical (unpaired) electrons. The predicted octanol–water partition coefficient (Wildman–Crippen LogP) is 2.79. The van der Waals surface area contributed by atoms with Gasteiger partial charge in [-0.15, -0.1) is 0 Å². The summed E-state index contributed by atoms with van der Waals surface area (Å²) in [5.74, 6) is -0.607. The second kappa shape index (κ2) is 8.08. The van der Waals surface area contributed by atoms with Gasteiger partial charge in [-0.25, -0.2) is 0 Å². The lowest BCUT2D eigenvalue weighted by molar-refractivity contribution is -0.116. The van der Waals surface area contributed by atoms with Crippen LogP contribution in [0.3, 0.4) is 0 Å². The maximum atomic E-state index is 12.3. The van der Waals surface area contributed by atoms with Gasteiger partial charge in [0.15, 0.2) is 0 Å². The molecule has 1 N–H and O–H groups in total. The highest BCUT2D eigenvalue weighted by atomic mass is 35.5. The zero-order valence-electron chi connectivity index (χ0n) is 13.3. The Morgan fingerprint density at radius 3 is 2.42 bits per heavy atom. The molecule has 0 aliphatic heterocycles. The van der Waals surface area contributed by atoms with E-state index in [1.54, 1.807) is 61.8 Å². The first-order valence-electron chi connectivity index (χ1n) is 7.11. The largest absolute Gasteiger partial charge is 0.332 e. The summed E-state index contributed by atoms with van der Waals surface area (Å²) in [6.07, 6.45) is 1.57. The number of amides is 2. The molecular formula is C17H17ClN2O3S. The highest BCUT2D eigenvalue weighted by Gasteiger charge is 2.15. The summed E-state index contributed by atoms with van der Waals surface area (Å²) in [4.78, 5) is 26.3. The number of benzene rings is 2. The summed E-state index contributed by atoms with van der Waals surface area (Å²) in [5, 5.41) is 3.21. The van der Waals surface area contributed by atoms with Crippen LogP contribution < -0.4 is 5.32 Å².